The number of rotatable bonds is 7. The highest BCUT2D eigenvalue weighted by molar-refractivity contribution is 7.11. The van der Waals surface area contributed by atoms with Crippen LogP contribution in [-0.2, 0) is 11.2 Å². The maximum atomic E-state index is 5.73. The predicted octanol–water partition coefficient (Wildman–Crippen LogP) is 2.34. The fourth-order valence-corrected chi connectivity index (χ4v) is 3.35. The van der Waals surface area contributed by atoms with Crippen molar-refractivity contribution in [2.75, 3.05) is 7.11 Å². The smallest absolute Gasteiger partial charge is 0.0948 e. The lowest BCUT2D eigenvalue weighted by Gasteiger charge is -2.37. The molecule has 4 nitrogen and oxygen atoms in total. The highest BCUT2D eigenvalue weighted by Gasteiger charge is 2.35. The van der Waals surface area contributed by atoms with Crippen LogP contribution in [0.3, 0.4) is 0 Å². The van der Waals surface area contributed by atoms with Crippen molar-refractivity contribution in [3.05, 3.63) is 15.6 Å². The Balaban J connectivity index is 2.89. The molecule has 5 heteroatoms. The number of aryl methyl sites for hydroxylation is 2. The summed E-state index contributed by atoms with van der Waals surface area (Å²) in [4.78, 5) is 5.86. The molecule has 0 fully saturated rings. The molecule has 0 spiro atoms. The molecular weight excluding hydrogens is 246 g/mol. The van der Waals surface area contributed by atoms with Crippen LogP contribution in [0.4, 0.5) is 0 Å². The van der Waals surface area contributed by atoms with Crippen molar-refractivity contribution in [2.24, 2.45) is 5.84 Å². The van der Waals surface area contributed by atoms with E-state index in [-0.39, 0.29) is 11.6 Å². The molecule has 0 saturated heterocycles. The van der Waals surface area contributed by atoms with Crippen LogP contribution < -0.4 is 11.3 Å². The average Bonchev–Trinajstić information content (AvgIpc) is 2.69. The van der Waals surface area contributed by atoms with Gasteiger partial charge in [-0.05, 0) is 26.7 Å². The van der Waals surface area contributed by atoms with Crippen LogP contribution in [0.15, 0.2) is 0 Å². The summed E-state index contributed by atoms with van der Waals surface area (Å²) in [5.74, 6) is 5.73. The lowest BCUT2D eigenvalue weighted by molar-refractivity contribution is -0.0473. The van der Waals surface area contributed by atoms with Crippen LogP contribution >= 0.6 is 11.3 Å². The Labute approximate surface area is 114 Å². The summed E-state index contributed by atoms with van der Waals surface area (Å²) >= 11 is 1.74. The molecule has 0 radical (unpaired) electrons. The summed E-state index contributed by atoms with van der Waals surface area (Å²) in [6.45, 7) is 8.42. The van der Waals surface area contributed by atoms with E-state index in [1.165, 1.54) is 4.88 Å². The van der Waals surface area contributed by atoms with Gasteiger partial charge in [0.15, 0.2) is 0 Å². The van der Waals surface area contributed by atoms with Gasteiger partial charge in [0.05, 0.1) is 22.3 Å². The Bertz CT molecular complexity index is 347. The fourth-order valence-electron chi connectivity index (χ4n) is 2.37. The Hall–Kier alpha value is -0.490. The summed E-state index contributed by atoms with van der Waals surface area (Å²) in [7, 11) is 1.76. The minimum atomic E-state index is -0.220. The fraction of sp³-hybridized carbons (Fsp3) is 0.769. The van der Waals surface area contributed by atoms with Crippen LogP contribution in [0.2, 0.25) is 0 Å². The number of hydrogen-bond acceptors (Lipinski definition) is 5. The van der Waals surface area contributed by atoms with Gasteiger partial charge in [-0.1, -0.05) is 13.8 Å². The number of thiazole rings is 1. The Morgan fingerprint density at radius 2 is 2.00 bits per heavy atom. The molecule has 3 N–H and O–H groups in total. The summed E-state index contributed by atoms with van der Waals surface area (Å²) in [5.41, 5.74) is 3.81. The minimum Gasteiger partial charge on any atom is -0.377 e. The van der Waals surface area contributed by atoms with Crippen molar-refractivity contribution in [1.29, 1.82) is 0 Å². The van der Waals surface area contributed by atoms with Gasteiger partial charge >= 0.3 is 0 Å². The largest absolute Gasteiger partial charge is 0.377 e. The number of hydrogen-bond donors (Lipinski definition) is 2. The monoisotopic (exact) mass is 271 g/mol. The second-order valence-electron chi connectivity index (χ2n) is 4.65. The van der Waals surface area contributed by atoms with Crippen molar-refractivity contribution in [2.45, 2.75) is 58.6 Å². The first-order chi connectivity index (χ1) is 8.52. The predicted molar refractivity (Wildman–Crippen MR) is 76.7 cm³/mol. The van der Waals surface area contributed by atoms with Gasteiger partial charge in [-0.3, -0.25) is 11.3 Å². The number of nitrogens with two attached hydrogens (primary N) is 1. The molecule has 1 unspecified atom stereocenters. The molecule has 104 valence electrons. The maximum absolute atomic E-state index is 5.73. The topological polar surface area (TPSA) is 60.2 Å². The van der Waals surface area contributed by atoms with Gasteiger partial charge in [0.25, 0.3) is 0 Å². The van der Waals surface area contributed by atoms with Crippen LogP contribution in [0, 0.1) is 13.8 Å². The SMILES string of the molecule is CCC(CC)(OC)C(Cc1nc(C)c(C)s1)NN. The number of methoxy groups -OCH3 is 1. The molecule has 0 aromatic carbocycles. The molecule has 0 aliphatic heterocycles. The van der Waals surface area contributed by atoms with Crippen LogP contribution in [-0.4, -0.2) is 23.7 Å². The van der Waals surface area contributed by atoms with Gasteiger partial charge in [-0.25, -0.2) is 4.98 Å². The molecular formula is C13H25N3OS. The zero-order valence-electron chi connectivity index (χ0n) is 12.0. The van der Waals surface area contributed by atoms with Crippen molar-refractivity contribution in [3.63, 3.8) is 0 Å². The molecule has 1 atom stereocenters. The molecule has 18 heavy (non-hydrogen) atoms. The zero-order chi connectivity index (χ0) is 13.8. The zero-order valence-corrected chi connectivity index (χ0v) is 12.9. The van der Waals surface area contributed by atoms with Crippen molar-refractivity contribution in [1.82, 2.24) is 10.4 Å². The van der Waals surface area contributed by atoms with E-state index >= 15 is 0 Å². The second-order valence-corrected chi connectivity index (χ2v) is 5.94. The summed E-state index contributed by atoms with van der Waals surface area (Å²) < 4.78 is 5.73. The third kappa shape index (κ3) is 3.09. The van der Waals surface area contributed by atoms with E-state index in [2.05, 4.69) is 31.2 Å². The van der Waals surface area contributed by atoms with Gasteiger partial charge in [0.1, 0.15) is 0 Å². The average molecular weight is 271 g/mol. The van der Waals surface area contributed by atoms with Gasteiger partial charge < -0.3 is 4.74 Å². The van der Waals surface area contributed by atoms with Crippen LogP contribution in [0.25, 0.3) is 0 Å². The van der Waals surface area contributed by atoms with Gasteiger partial charge in [0.2, 0.25) is 0 Å². The summed E-state index contributed by atoms with van der Waals surface area (Å²) in [6, 6.07) is 0.0856. The molecule has 0 amide bonds. The lowest BCUT2D eigenvalue weighted by atomic mass is 9.86. The van der Waals surface area contributed by atoms with Gasteiger partial charge in [-0.2, -0.15) is 0 Å². The van der Waals surface area contributed by atoms with Crippen molar-refractivity contribution in [3.8, 4) is 0 Å². The van der Waals surface area contributed by atoms with Crippen LogP contribution in [0.1, 0.15) is 42.3 Å². The van der Waals surface area contributed by atoms with E-state index in [0.717, 1.165) is 30.0 Å². The number of aromatic nitrogens is 1. The van der Waals surface area contributed by atoms with Crippen LogP contribution in [0.5, 0.6) is 0 Å². The normalized spacial score (nSPS) is 13.9. The van der Waals surface area contributed by atoms with E-state index in [1.54, 1.807) is 18.4 Å². The molecule has 0 bridgehead atoms. The van der Waals surface area contributed by atoms with Gasteiger partial charge in [0, 0.05) is 18.4 Å². The van der Waals surface area contributed by atoms with Crippen molar-refractivity contribution >= 4 is 11.3 Å². The molecule has 0 saturated carbocycles. The summed E-state index contributed by atoms with van der Waals surface area (Å²) in [6.07, 6.45) is 2.67. The number of hydrazine groups is 1. The molecule has 1 aromatic heterocycles. The Morgan fingerprint density at radius 1 is 1.39 bits per heavy atom. The first-order valence-corrected chi connectivity index (χ1v) is 7.28. The van der Waals surface area contributed by atoms with Gasteiger partial charge in [-0.15, -0.1) is 11.3 Å². The first kappa shape index (κ1) is 15.6. The lowest BCUT2D eigenvalue weighted by Crippen LogP contribution is -2.55. The molecule has 1 aromatic rings. The molecule has 1 rings (SSSR count). The summed E-state index contributed by atoms with van der Waals surface area (Å²) in [5, 5.41) is 1.12. The number of ether oxygens (including phenoxy) is 1. The number of nitrogens with zero attached hydrogens (tertiary/aromatic N) is 1. The van der Waals surface area contributed by atoms with E-state index in [4.69, 9.17) is 10.6 Å². The highest BCUT2D eigenvalue weighted by Crippen LogP contribution is 2.28. The third-order valence-corrected chi connectivity index (χ3v) is 4.99. The van der Waals surface area contributed by atoms with E-state index < -0.39 is 0 Å². The van der Waals surface area contributed by atoms with E-state index in [9.17, 15) is 0 Å². The number of nitrogens with one attached hydrogen (secondary N) is 1. The molecule has 0 aliphatic carbocycles. The van der Waals surface area contributed by atoms with E-state index in [1.807, 2.05) is 6.92 Å². The first-order valence-electron chi connectivity index (χ1n) is 6.47. The quantitative estimate of drug-likeness (QED) is 0.590. The second kappa shape index (κ2) is 6.61. The maximum Gasteiger partial charge on any atom is 0.0948 e. The standard InChI is InChI=1S/C13H25N3OS/c1-6-13(7-2,17-5)11(16-14)8-12-15-9(3)10(4)18-12/h11,16H,6-8,14H2,1-5H3. The highest BCUT2D eigenvalue weighted by atomic mass is 32.1. The minimum absolute atomic E-state index is 0.0856. The van der Waals surface area contributed by atoms with E-state index in [0.29, 0.717) is 0 Å². The Kier molecular flexibility index (Phi) is 5.72. The third-order valence-electron chi connectivity index (χ3n) is 3.89. The Morgan fingerprint density at radius 3 is 2.33 bits per heavy atom. The van der Waals surface area contributed by atoms with Crippen molar-refractivity contribution < 1.29 is 4.74 Å². The molecule has 0 aliphatic rings. The molecule has 1 heterocycles.